The molecule has 3 nitrogen and oxygen atoms in total. The first-order valence-electron chi connectivity index (χ1n) is 6.94. The highest BCUT2D eigenvalue weighted by molar-refractivity contribution is 5.30. The summed E-state index contributed by atoms with van der Waals surface area (Å²) in [6, 6.07) is 10.4. The molecule has 0 spiro atoms. The second kappa shape index (κ2) is 6.53. The van der Waals surface area contributed by atoms with Crippen LogP contribution in [0.25, 0.3) is 0 Å². The van der Waals surface area contributed by atoms with Crippen LogP contribution in [-0.4, -0.2) is 11.0 Å². The van der Waals surface area contributed by atoms with Gasteiger partial charge in [-0.1, -0.05) is 18.2 Å². The Bertz CT molecular complexity index is 562. The first-order valence-corrected chi connectivity index (χ1v) is 6.94. The van der Waals surface area contributed by atoms with Crippen molar-refractivity contribution >= 4 is 0 Å². The van der Waals surface area contributed by atoms with E-state index in [-0.39, 0.29) is 6.04 Å². The van der Waals surface area contributed by atoms with Crippen molar-refractivity contribution in [1.29, 1.82) is 0 Å². The molecule has 0 aliphatic rings. The molecule has 106 valence electrons. The van der Waals surface area contributed by atoms with Gasteiger partial charge in [-0.05, 0) is 49.6 Å². The summed E-state index contributed by atoms with van der Waals surface area (Å²) in [6.07, 6.45) is 2.55. The smallest absolute Gasteiger partial charge is 0.138 e. The molecule has 0 saturated carbocycles. The number of aryl methyl sites for hydroxylation is 2. The van der Waals surface area contributed by atoms with Gasteiger partial charge in [-0.2, -0.15) is 0 Å². The molecule has 3 heteroatoms. The van der Waals surface area contributed by atoms with E-state index in [0.29, 0.717) is 6.61 Å². The molecule has 0 amide bonds. The average Bonchev–Trinajstić information content (AvgIpc) is 2.41. The molecule has 1 heterocycles. The molecule has 20 heavy (non-hydrogen) atoms. The Balaban J connectivity index is 1.95. The summed E-state index contributed by atoms with van der Waals surface area (Å²) in [5.41, 5.74) is 10.5. The SMILES string of the molecule is Cc1ccc(COc2ccc(CC(C)N)nc2)cc1C. The number of nitrogens with two attached hydrogens (primary N) is 1. The summed E-state index contributed by atoms with van der Waals surface area (Å²) in [7, 11) is 0. The largest absolute Gasteiger partial charge is 0.487 e. The maximum Gasteiger partial charge on any atom is 0.138 e. The van der Waals surface area contributed by atoms with E-state index in [2.05, 4.69) is 37.0 Å². The molecule has 0 radical (unpaired) electrons. The van der Waals surface area contributed by atoms with E-state index in [4.69, 9.17) is 10.5 Å². The third kappa shape index (κ3) is 4.07. The summed E-state index contributed by atoms with van der Waals surface area (Å²) >= 11 is 0. The van der Waals surface area contributed by atoms with Crippen LogP contribution in [0.2, 0.25) is 0 Å². The molecule has 0 aliphatic heterocycles. The van der Waals surface area contributed by atoms with Crippen LogP contribution in [0, 0.1) is 13.8 Å². The highest BCUT2D eigenvalue weighted by Crippen LogP contribution is 2.15. The van der Waals surface area contributed by atoms with Crippen LogP contribution in [0.15, 0.2) is 36.5 Å². The second-order valence-electron chi connectivity index (χ2n) is 5.37. The van der Waals surface area contributed by atoms with Gasteiger partial charge in [0.15, 0.2) is 0 Å². The van der Waals surface area contributed by atoms with Gasteiger partial charge < -0.3 is 10.5 Å². The molecule has 2 N–H and O–H groups in total. The average molecular weight is 270 g/mol. The summed E-state index contributed by atoms with van der Waals surface area (Å²) in [5, 5.41) is 0. The third-order valence-corrected chi connectivity index (χ3v) is 3.31. The van der Waals surface area contributed by atoms with E-state index in [1.54, 1.807) is 6.20 Å². The minimum Gasteiger partial charge on any atom is -0.487 e. The van der Waals surface area contributed by atoms with Crippen molar-refractivity contribution in [2.45, 2.75) is 39.8 Å². The van der Waals surface area contributed by atoms with E-state index in [0.717, 1.165) is 17.9 Å². The molecule has 1 atom stereocenters. The number of rotatable bonds is 5. The van der Waals surface area contributed by atoms with Gasteiger partial charge in [-0.15, -0.1) is 0 Å². The fourth-order valence-electron chi connectivity index (χ4n) is 2.01. The molecule has 0 aliphatic carbocycles. The lowest BCUT2D eigenvalue weighted by atomic mass is 10.1. The van der Waals surface area contributed by atoms with Crippen LogP contribution >= 0.6 is 0 Å². The lowest BCUT2D eigenvalue weighted by molar-refractivity contribution is 0.304. The monoisotopic (exact) mass is 270 g/mol. The number of ether oxygens (including phenoxy) is 1. The maximum absolute atomic E-state index is 5.75. The standard InChI is InChI=1S/C17H22N2O/c1-12-4-5-15(8-13(12)2)11-20-17-7-6-16(19-10-17)9-14(3)18/h4-8,10,14H,9,11,18H2,1-3H3. The number of hydrogen-bond donors (Lipinski definition) is 1. The molecular formula is C17H22N2O. The van der Waals surface area contributed by atoms with Gasteiger partial charge in [0.25, 0.3) is 0 Å². The number of benzene rings is 1. The van der Waals surface area contributed by atoms with Crippen molar-refractivity contribution in [3.63, 3.8) is 0 Å². The van der Waals surface area contributed by atoms with E-state index in [1.807, 2.05) is 19.1 Å². The number of pyridine rings is 1. The Morgan fingerprint density at radius 1 is 1.15 bits per heavy atom. The Morgan fingerprint density at radius 3 is 2.55 bits per heavy atom. The topological polar surface area (TPSA) is 48.1 Å². The molecular weight excluding hydrogens is 248 g/mol. The first-order chi connectivity index (χ1) is 9.54. The normalized spacial score (nSPS) is 12.2. The Kier molecular flexibility index (Phi) is 4.74. The summed E-state index contributed by atoms with van der Waals surface area (Å²) in [4.78, 5) is 4.36. The molecule has 0 saturated heterocycles. The molecule has 2 rings (SSSR count). The van der Waals surface area contributed by atoms with Crippen LogP contribution in [-0.2, 0) is 13.0 Å². The highest BCUT2D eigenvalue weighted by atomic mass is 16.5. The van der Waals surface area contributed by atoms with E-state index < -0.39 is 0 Å². The number of hydrogen-bond acceptors (Lipinski definition) is 3. The van der Waals surface area contributed by atoms with Crippen molar-refractivity contribution in [2.24, 2.45) is 5.73 Å². The second-order valence-corrected chi connectivity index (χ2v) is 5.37. The highest BCUT2D eigenvalue weighted by Gasteiger charge is 2.02. The fourth-order valence-corrected chi connectivity index (χ4v) is 2.01. The van der Waals surface area contributed by atoms with Crippen molar-refractivity contribution in [3.05, 3.63) is 58.9 Å². The maximum atomic E-state index is 5.75. The van der Waals surface area contributed by atoms with E-state index >= 15 is 0 Å². The van der Waals surface area contributed by atoms with Crippen molar-refractivity contribution in [2.75, 3.05) is 0 Å². The molecule has 1 aromatic heterocycles. The Labute approximate surface area is 120 Å². The number of aromatic nitrogens is 1. The predicted octanol–water partition coefficient (Wildman–Crippen LogP) is 3.17. The van der Waals surface area contributed by atoms with Gasteiger partial charge in [-0.3, -0.25) is 4.98 Å². The van der Waals surface area contributed by atoms with Gasteiger partial charge in [0.1, 0.15) is 12.4 Å². The van der Waals surface area contributed by atoms with Gasteiger partial charge >= 0.3 is 0 Å². The first kappa shape index (κ1) is 14.5. The van der Waals surface area contributed by atoms with Gasteiger partial charge in [0.2, 0.25) is 0 Å². The lowest BCUT2D eigenvalue weighted by Gasteiger charge is -2.09. The fraction of sp³-hybridized carbons (Fsp3) is 0.353. The summed E-state index contributed by atoms with van der Waals surface area (Å²) in [5.74, 6) is 0.789. The zero-order chi connectivity index (χ0) is 14.5. The van der Waals surface area contributed by atoms with Crippen molar-refractivity contribution < 1.29 is 4.74 Å². The minimum absolute atomic E-state index is 0.129. The Morgan fingerprint density at radius 2 is 1.95 bits per heavy atom. The minimum atomic E-state index is 0.129. The summed E-state index contributed by atoms with van der Waals surface area (Å²) in [6.45, 7) is 6.77. The molecule has 0 bridgehead atoms. The molecule has 1 unspecified atom stereocenters. The number of nitrogens with zero attached hydrogens (tertiary/aromatic N) is 1. The van der Waals surface area contributed by atoms with Crippen LogP contribution in [0.4, 0.5) is 0 Å². The van der Waals surface area contributed by atoms with Gasteiger partial charge in [-0.25, -0.2) is 0 Å². The molecule has 2 aromatic rings. The van der Waals surface area contributed by atoms with Crippen molar-refractivity contribution in [1.82, 2.24) is 4.98 Å². The van der Waals surface area contributed by atoms with Gasteiger partial charge in [0, 0.05) is 18.2 Å². The van der Waals surface area contributed by atoms with Crippen LogP contribution in [0.5, 0.6) is 5.75 Å². The molecule has 0 fully saturated rings. The van der Waals surface area contributed by atoms with E-state index in [1.165, 1.54) is 16.7 Å². The lowest BCUT2D eigenvalue weighted by Crippen LogP contribution is -2.18. The van der Waals surface area contributed by atoms with Crippen LogP contribution < -0.4 is 10.5 Å². The molecule has 1 aromatic carbocycles. The van der Waals surface area contributed by atoms with Crippen molar-refractivity contribution in [3.8, 4) is 5.75 Å². The summed E-state index contributed by atoms with van der Waals surface area (Å²) < 4.78 is 5.75. The van der Waals surface area contributed by atoms with Gasteiger partial charge in [0.05, 0.1) is 6.20 Å². The third-order valence-electron chi connectivity index (χ3n) is 3.31. The Hall–Kier alpha value is -1.87. The zero-order valence-electron chi connectivity index (χ0n) is 12.4. The quantitative estimate of drug-likeness (QED) is 0.907. The van der Waals surface area contributed by atoms with E-state index in [9.17, 15) is 0 Å². The van der Waals surface area contributed by atoms with Crippen LogP contribution in [0.3, 0.4) is 0 Å². The predicted molar refractivity (Wildman–Crippen MR) is 81.8 cm³/mol. The van der Waals surface area contributed by atoms with Crippen LogP contribution in [0.1, 0.15) is 29.3 Å². The zero-order valence-corrected chi connectivity index (χ0v) is 12.4.